The van der Waals surface area contributed by atoms with Crippen LogP contribution < -0.4 is 20.5 Å². The third kappa shape index (κ3) is 6.93. The Morgan fingerprint density at radius 1 is 1.22 bits per heavy atom. The van der Waals surface area contributed by atoms with E-state index in [9.17, 15) is 4.79 Å². The van der Waals surface area contributed by atoms with E-state index >= 15 is 0 Å². The second-order valence-electron chi connectivity index (χ2n) is 6.06. The highest BCUT2D eigenvalue weighted by Crippen LogP contribution is 2.29. The summed E-state index contributed by atoms with van der Waals surface area (Å²) in [5, 5.41) is 3.05. The number of hydrogen-bond acceptors (Lipinski definition) is 5. The van der Waals surface area contributed by atoms with Crippen LogP contribution in [0.5, 0.6) is 11.5 Å². The lowest BCUT2D eigenvalue weighted by atomic mass is 10.0. The van der Waals surface area contributed by atoms with E-state index in [-0.39, 0.29) is 36.8 Å². The average molecular weight is 419 g/mol. The molecule has 1 aromatic carbocycles. The number of rotatable bonds is 8. The average Bonchev–Trinajstić information content (AvgIpc) is 3.02. The third-order valence-corrected chi connectivity index (χ3v) is 3.96. The number of imidazole rings is 1. The number of hydrogen-bond donors (Lipinski definition) is 2. The number of halogens is 2. The molecular weight excluding hydrogens is 391 g/mol. The number of nitrogens with two attached hydrogens (primary N) is 1. The van der Waals surface area contributed by atoms with Crippen molar-refractivity contribution in [2.75, 3.05) is 14.2 Å². The molecule has 1 heterocycles. The second-order valence-corrected chi connectivity index (χ2v) is 6.06. The quantitative estimate of drug-likeness (QED) is 0.687. The minimum absolute atomic E-state index is 0. The zero-order valence-electron chi connectivity index (χ0n) is 16.0. The van der Waals surface area contributed by atoms with Gasteiger partial charge in [0.05, 0.1) is 14.2 Å². The van der Waals surface area contributed by atoms with E-state index in [4.69, 9.17) is 15.2 Å². The molecule has 3 N–H and O–H groups in total. The molecule has 0 aliphatic rings. The number of methoxy groups -OCH3 is 2. The fraction of sp³-hybridized carbons (Fsp3) is 0.444. The molecule has 2 aromatic rings. The molecule has 0 fully saturated rings. The van der Waals surface area contributed by atoms with Gasteiger partial charge in [0.15, 0.2) is 0 Å². The van der Waals surface area contributed by atoms with Gasteiger partial charge in [0.25, 0.3) is 0 Å². The highest BCUT2D eigenvalue weighted by Gasteiger charge is 2.22. The number of benzene rings is 1. The van der Waals surface area contributed by atoms with Crippen molar-refractivity contribution in [3.8, 4) is 11.5 Å². The number of carbonyl (C=O) groups excluding carboxylic acids is 1. The lowest BCUT2D eigenvalue weighted by Crippen LogP contribution is -2.32. The summed E-state index contributed by atoms with van der Waals surface area (Å²) in [6.45, 7) is 1.89. The first kappa shape index (κ1) is 25.0. The largest absolute Gasteiger partial charge is 0.497 e. The molecular formula is C18H28Cl2N4O3. The number of amides is 1. The van der Waals surface area contributed by atoms with E-state index in [0.29, 0.717) is 24.3 Å². The minimum atomic E-state index is -0.412. The van der Waals surface area contributed by atoms with Crippen LogP contribution in [-0.4, -0.2) is 35.7 Å². The maximum Gasteiger partial charge on any atom is 0.220 e. The first-order valence-corrected chi connectivity index (χ1v) is 8.19. The van der Waals surface area contributed by atoms with Gasteiger partial charge in [0, 0.05) is 38.0 Å². The van der Waals surface area contributed by atoms with Crippen molar-refractivity contribution in [1.82, 2.24) is 14.9 Å². The van der Waals surface area contributed by atoms with Crippen LogP contribution in [0.2, 0.25) is 0 Å². The summed E-state index contributed by atoms with van der Waals surface area (Å²) in [6.07, 6.45) is 4.53. The second kappa shape index (κ2) is 11.7. The zero-order valence-corrected chi connectivity index (χ0v) is 17.6. The lowest BCUT2D eigenvalue weighted by molar-refractivity contribution is -0.121. The van der Waals surface area contributed by atoms with Crippen LogP contribution in [0.4, 0.5) is 0 Å². The molecule has 0 aliphatic heterocycles. The fourth-order valence-electron chi connectivity index (χ4n) is 2.54. The fourth-order valence-corrected chi connectivity index (χ4v) is 2.54. The van der Waals surface area contributed by atoms with Gasteiger partial charge in [0.2, 0.25) is 5.91 Å². The van der Waals surface area contributed by atoms with Gasteiger partial charge >= 0.3 is 0 Å². The van der Waals surface area contributed by atoms with Gasteiger partial charge in [0.1, 0.15) is 23.4 Å². The Morgan fingerprint density at radius 3 is 2.26 bits per heavy atom. The molecule has 0 saturated carbocycles. The van der Waals surface area contributed by atoms with Crippen LogP contribution in [0, 0.1) is 0 Å². The van der Waals surface area contributed by atoms with Crippen LogP contribution in [-0.2, 0) is 11.8 Å². The molecule has 2 unspecified atom stereocenters. The summed E-state index contributed by atoms with van der Waals surface area (Å²) in [5.41, 5.74) is 6.58. The van der Waals surface area contributed by atoms with Gasteiger partial charge in [-0.1, -0.05) is 0 Å². The molecule has 0 spiro atoms. The molecule has 2 rings (SSSR count). The van der Waals surface area contributed by atoms with E-state index in [1.54, 1.807) is 26.5 Å². The normalized spacial score (nSPS) is 12.2. The van der Waals surface area contributed by atoms with E-state index in [1.807, 2.05) is 36.9 Å². The van der Waals surface area contributed by atoms with Crippen molar-refractivity contribution in [2.24, 2.45) is 12.8 Å². The van der Waals surface area contributed by atoms with Crippen molar-refractivity contribution in [2.45, 2.75) is 31.8 Å². The number of carbonyl (C=O) groups is 1. The molecule has 27 heavy (non-hydrogen) atoms. The van der Waals surface area contributed by atoms with E-state index < -0.39 is 6.04 Å². The van der Waals surface area contributed by atoms with E-state index in [0.717, 1.165) is 11.4 Å². The molecule has 0 bridgehead atoms. The maximum absolute atomic E-state index is 12.4. The van der Waals surface area contributed by atoms with E-state index in [1.165, 1.54) is 0 Å². The first-order valence-electron chi connectivity index (χ1n) is 8.19. The number of nitrogens with one attached hydrogen (secondary N) is 1. The van der Waals surface area contributed by atoms with Crippen LogP contribution in [0.1, 0.15) is 37.2 Å². The third-order valence-electron chi connectivity index (χ3n) is 3.96. The summed E-state index contributed by atoms with van der Waals surface area (Å²) < 4.78 is 12.6. The summed E-state index contributed by atoms with van der Waals surface area (Å²) in [4.78, 5) is 16.8. The highest BCUT2D eigenvalue weighted by atomic mass is 35.5. The first-order chi connectivity index (χ1) is 11.9. The predicted octanol–water partition coefficient (Wildman–Crippen LogP) is 2.61. The van der Waals surface area contributed by atoms with Crippen LogP contribution in [0.3, 0.4) is 0 Å². The van der Waals surface area contributed by atoms with Gasteiger partial charge in [-0.25, -0.2) is 4.98 Å². The molecule has 0 radical (unpaired) electrons. The summed E-state index contributed by atoms with van der Waals surface area (Å²) in [6, 6.07) is 5.09. The van der Waals surface area contributed by atoms with Crippen molar-refractivity contribution in [3.63, 3.8) is 0 Å². The monoisotopic (exact) mass is 418 g/mol. The van der Waals surface area contributed by atoms with E-state index in [2.05, 4.69) is 10.3 Å². The number of nitrogens with zero attached hydrogens (tertiary/aromatic N) is 2. The van der Waals surface area contributed by atoms with Gasteiger partial charge in [-0.3, -0.25) is 4.79 Å². The molecule has 0 saturated heterocycles. The van der Waals surface area contributed by atoms with Gasteiger partial charge in [-0.2, -0.15) is 0 Å². The number of ether oxygens (including phenoxy) is 2. The van der Waals surface area contributed by atoms with Gasteiger partial charge < -0.3 is 25.1 Å². The summed E-state index contributed by atoms with van der Waals surface area (Å²) in [5.74, 6) is 1.95. The topological polar surface area (TPSA) is 91.4 Å². The Labute approximate surface area is 172 Å². The molecule has 9 heteroatoms. The minimum Gasteiger partial charge on any atom is -0.497 e. The Kier molecular flexibility index (Phi) is 10.8. The van der Waals surface area contributed by atoms with Crippen LogP contribution in [0.15, 0.2) is 30.6 Å². The summed E-state index contributed by atoms with van der Waals surface area (Å²) in [7, 11) is 5.08. The zero-order chi connectivity index (χ0) is 18.4. The number of aromatic nitrogens is 2. The van der Waals surface area contributed by atoms with Gasteiger partial charge in [-0.15, -0.1) is 24.8 Å². The Morgan fingerprint density at radius 2 is 1.81 bits per heavy atom. The molecule has 7 nitrogen and oxygen atoms in total. The Hall–Kier alpha value is -1.96. The van der Waals surface area contributed by atoms with Crippen molar-refractivity contribution in [1.29, 1.82) is 0 Å². The molecule has 2 atom stereocenters. The van der Waals surface area contributed by atoms with Crippen molar-refractivity contribution >= 4 is 30.7 Å². The molecule has 1 aromatic heterocycles. The van der Waals surface area contributed by atoms with Crippen molar-refractivity contribution < 1.29 is 14.3 Å². The van der Waals surface area contributed by atoms with Crippen molar-refractivity contribution in [3.05, 3.63) is 42.0 Å². The molecule has 0 aliphatic carbocycles. The maximum atomic E-state index is 12.4. The standard InChI is InChI=1S/C18H26N4O3.2ClH/c1-12(19)5-6-16(23)21-17(18-20-7-8-22(18)2)13-9-14(24-3)11-15(10-13)25-4;;/h7-12,17H,5-6,19H2,1-4H3,(H,21,23);2*1H. The van der Waals surface area contributed by atoms with Crippen LogP contribution >= 0.6 is 24.8 Å². The highest BCUT2D eigenvalue weighted by molar-refractivity contribution is 5.85. The Bertz CT molecular complexity index is 700. The molecule has 1 amide bonds. The predicted molar refractivity (Wildman–Crippen MR) is 110 cm³/mol. The van der Waals surface area contributed by atoms with Crippen LogP contribution in [0.25, 0.3) is 0 Å². The Balaban J connectivity index is 0.00000338. The smallest absolute Gasteiger partial charge is 0.220 e. The van der Waals surface area contributed by atoms with Gasteiger partial charge in [-0.05, 0) is 31.0 Å². The summed E-state index contributed by atoms with van der Waals surface area (Å²) >= 11 is 0. The lowest BCUT2D eigenvalue weighted by Gasteiger charge is -2.21. The number of aryl methyl sites for hydroxylation is 1. The molecule has 152 valence electrons. The SMILES string of the molecule is COc1cc(OC)cc(C(NC(=O)CCC(C)N)c2nccn2C)c1.Cl.Cl.